The Hall–Kier alpha value is -2.71. The molecule has 0 aliphatic carbocycles. The summed E-state index contributed by atoms with van der Waals surface area (Å²) in [5, 5.41) is 11.3. The standard InChI is InChI=1S/C20H18N4O2S2/c1-12-4-6-15(7-5-12)18-22-23-20(26-18)28-11-17(25)16-10-13(2)24(14(16)3)19-21-8-9-27-19/h4-10H,11H2,1-3H3. The highest BCUT2D eigenvalue weighted by Crippen LogP contribution is 2.26. The fourth-order valence-corrected chi connectivity index (χ4v) is 4.35. The van der Waals surface area contributed by atoms with Crippen molar-refractivity contribution in [3.8, 4) is 16.6 Å². The molecule has 28 heavy (non-hydrogen) atoms. The van der Waals surface area contributed by atoms with E-state index < -0.39 is 0 Å². The molecule has 3 aromatic heterocycles. The number of carbonyl (C=O) groups excluding carboxylic acids is 1. The predicted octanol–water partition coefficient (Wildman–Crippen LogP) is 4.88. The molecule has 0 unspecified atom stereocenters. The third kappa shape index (κ3) is 3.65. The third-order valence-corrected chi connectivity index (χ3v) is 5.95. The molecule has 0 amide bonds. The topological polar surface area (TPSA) is 73.8 Å². The maximum atomic E-state index is 12.7. The molecule has 0 saturated heterocycles. The van der Waals surface area contributed by atoms with Crippen LogP contribution in [0.15, 0.2) is 51.5 Å². The van der Waals surface area contributed by atoms with Gasteiger partial charge in [-0.05, 0) is 39.0 Å². The van der Waals surface area contributed by atoms with Gasteiger partial charge in [0.05, 0.1) is 5.75 Å². The summed E-state index contributed by atoms with van der Waals surface area (Å²) in [4.78, 5) is 17.1. The van der Waals surface area contributed by atoms with Crippen molar-refractivity contribution in [3.05, 3.63) is 64.4 Å². The number of nitrogens with zero attached hydrogens (tertiary/aromatic N) is 4. The van der Waals surface area contributed by atoms with Crippen LogP contribution in [0.4, 0.5) is 0 Å². The molecule has 6 nitrogen and oxygen atoms in total. The summed E-state index contributed by atoms with van der Waals surface area (Å²) in [6.07, 6.45) is 1.76. The Morgan fingerprint density at radius 3 is 2.68 bits per heavy atom. The summed E-state index contributed by atoms with van der Waals surface area (Å²) < 4.78 is 7.69. The zero-order chi connectivity index (χ0) is 19.7. The van der Waals surface area contributed by atoms with Gasteiger partial charge in [-0.25, -0.2) is 4.98 Å². The molecule has 8 heteroatoms. The normalized spacial score (nSPS) is 11.1. The van der Waals surface area contributed by atoms with Gasteiger partial charge in [0.2, 0.25) is 5.89 Å². The van der Waals surface area contributed by atoms with Crippen molar-refractivity contribution in [3.63, 3.8) is 0 Å². The first-order valence-corrected chi connectivity index (χ1v) is 10.5. The second-order valence-corrected chi connectivity index (χ2v) is 8.19. The number of aryl methyl sites for hydroxylation is 2. The number of hydrogen-bond acceptors (Lipinski definition) is 7. The minimum Gasteiger partial charge on any atom is -0.411 e. The number of ketones is 1. The largest absolute Gasteiger partial charge is 0.411 e. The van der Waals surface area contributed by atoms with E-state index in [4.69, 9.17) is 4.42 Å². The van der Waals surface area contributed by atoms with Crippen LogP contribution in [0.5, 0.6) is 0 Å². The van der Waals surface area contributed by atoms with Gasteiger partial charge in [0.15, 0.2) is 10.9 Å². The highest BCUT2D eigenvalue weighted by atomic mass is 32.2. The zero-order valence-corrected chi connectivity index (χ0v) is 17.3. The second-order valence-electron chi connectivity index (χ2n) is 6.39. The Labute approximate surface area is 170 Å². The number of thioether (sulfide) groups is 1. The molecular formula is C20H18N4O2S2. The van der Waals surface area contributed by atoms with Crippen LogP contribution in [0.25, 0.3) is 16.6 Å². The fraction of sp³-hybridized carbons (Fsp3) is 0.200. The van der Waals surface area contributed by atoms with Gasteiger partial charge in [0, 0.05) is 34.1 Å². The van der Waals surface area contributed by atoms with Crippen LogP contribution in [-0.4, -0.2) is 31.3 Å². The first-order chi connectivity index (χ1) is 13.5. The molecule has 0 radical (unpaired) electrons. The third-order valence-electron chi connectivity index (χ3n) is 4.37. The lowest BCUT2D eigenvalue weighted by atomic mass is 10.1. The highest BCUT2D eigenvalue weighted by molar-refractivity contribution is 7.99. The molecule has 0 aliphatic rings. The molecule has 0 saturated carbocycles. The Morgan fingerprint density at radius 1 is 1.18 bits per heavy atom. The van der Waals surface area contributed by atoms with Crippen LogP contribution in [0, 0.1) is 20.8 Å². The molecule has 0 N–H and O–H groups in total. The maximum Gasteiger partial charge on any atom is 0.277 e. The van der Waals surface area contributed by atoms with Crippen molar-refractivity contribution >= 4 is 28.9 Å². The van der Waals surface area contributed by atoms with Crippen molar-refractivity contribution in [1.82, 2.24) is 19.7 Å². The Morgan fingerprint density at radius 2 is 1.96 bits per heavy atom. The molecule has 1 aromatic carbocycles. The van der Waals surface area contributed by atoms with E-state index in [-0.39, 0.29) is 11.5 Å². The first-order valence-electron chi connectivity index (χ1n) is 8.68. The van der Waals surface area contributed by atoms with Crippen LogP contribution in [0.2, 0.25) is 0 Å². The van der Waals surface area contributed by atoms with Crippen LogP contribution >= 0.6 is 23.1 Å². The molecule has 0 spiro atoms. The van der Waals surface area contributed by atoms with E-state index in [1.807, 2.05) is 61.1 Å². The van der Waals surface area contributed by atoms with E-state index in [1.54, 1.807) is 17.5 Å². The summed E-state index contributed by atoms with van der Waals surface area (Å²) in [5.74, 6) is 0.713. The summed E-state index contributed by atoms with van der Waals surface area (Å²) in [6, 6.07) is 9.78. The van der Waals surface area contributed by atoms with Crippen LogP contribution in [0.1, 0.15) is 27.3 Å². The highest BCUT2D eigenvalue weighted by Gasteiger charge is 2.19. The van der Waals surface area contributed by atoms with E-state index in [2.05, 4.69) is 15.2 Å². The van der Waals surface area contributed by atoms with Gasteiger partial charge in [-0.15, -0.1) is 21.5 Å². The number of aromatic nitrogens is 4. The number of benzene rings is 1. The monoisotopic (exact) mass is 410 g/mol. The van der Waals surface area contributed by atoms with Crippen LogP contribution in [0.3, 0.4) is 0 Å². The van der Waals surface area contributed by atoms with Crippen LogP contribution < -0.4 is 0 Å². The molecule has 0 aliphatic heterocycles. The maximum absolute atomic E-state index is 12.7. The second kappa shape index (κ2) is 7.73. The zero-order valence-electron chi connectivity index (χ0n) is 15.7. The molecule has 4 aromatic rings. The minimum absolute atomic E-state index is 0.0241. The predicted molar refractivity (Wildman–Crippen MR) is 110 cm³/mol. The number of rotatable bonds is 6. The van der Waals surface area contributed by atoms with E-state index in [0.717, 1.165) is 22.1 Å². The Balaban J connectivity index is 1.47. The Bertz CT molecular complexity index is 1110. The van der Waals surface area contributed by atoms with Gasteiger partial charge >= 0.3 is 0 Å². The van der Waals surface area contributed by atoms with Gasteiger partial charge in [-0.2, -0.15) is 0 Å². The van der Waals surface area contributed by atoms with Gasteiger partial charge in [-0.1, -0.05) is 29.5 Å². The smallest absolute Gasteiger partial charge is 0.277 e. The molecule has 0 fully saturated rings. The fourth-order valence-electron chi connectivity index (χ4n) is 2.95. The lowest BCUT2D eigenvalue weighted by Gasteiger charge is -2.05. The number of carbonyl (C=O) groups is 1. The SMILES string of the molecule is Cc1ccc(-c2nnc(SCC(=O)c3cc(C)n(-c4nccs4)c3C)o2)cc1. The van der Waals surface area contributed by atoms with E-state index in [0.29, 0.717) is 16.7 Å². The van der Waals surface area contributed by atoms with E-state index >= 15 is 0 Å². The molecule has 4 rings (SSSR count). The van der Waals surface area contributed by atoms with Crippen molar-refractivity contribution < 1.29 is 9.21 Å². The summed E-state index contributed by atoms with van der Waals surface area (Å²) in [5.41, 5.74) is 4.60. The molecule has 3 heterocycles. The average Bonchev–Trinajstić information content (AvgIpc) is 3.41. The molecular weight excluding hydrogens is 392 g/mol. The van der Waals surface area contributed by atoms with Gasteiger partial charge in [-0.3, -0.25) is 9.36 Å². The van der Waals surface area contributed by atoms with Crippen molar-refractivity contribution in [2.24, 2.45) is 0 Å². The lowest BCUT2D eigenvalue weighted by molar-refractivity contribution is 0.102. The number of hydrogen-bond donors (Lipinski definition) is 0. The van der Waals surface area contributed by atoms with Crippen molar-refractivity contribution in [1.29, 1.82) is 0 Å². The quantitative estimate of drug-likeness (QED) is 0.333. The molecule has 0 atom stereocenters. The van der Waals surface area contributed by atoms with Crippen molar-refractivity contribution in [2.75, 3.05) is 5.75 Å². The molecule has 0 bridgehead atoms. The summed E-state index contributed by atoms with van der Waals surface area (Å²) in [7, 11) is 0. The van der Waals surface area contributed by atoms with Crippen molar-refractivity contribution in [2.45, 2.75) is 26.0 Å². The lowest BCUT2D eigenvalue weighted by Crippen LogP contribution is -2.05. The number of Topliss-reactive ketones (excluding diaryl/α,β-unsaturated/α-hetero) is 1. The summed E-state index contributed by atoms with van der Waals surface area (Å²) in [6.45, 7) is 5.94. The minimum atomic E-state index is 0.0241. The van der Waals surface area contributed by atoms with E-state index in [1.165, 1.54) is 17.3 Å². The van der Waals surface area contributed by atoms with E-state index in [9.17, 15) is 4.79 Å². The Kier molecular flexibility index (Phi) is 5.15. The van der Waals surface area contributed by atoms with Gasteiger partial charge < -0.3 is 4.42 Å². The van der Waals surface area contributed by atoms with Crippen LogP contribution in [-0.2, 0) is 0 Å². The summed E-state index contributed by atoms with van der Waals surface area (Å²) >= 11 is 2.79. The number of thiazole rings is 1. The van der Waals surface area contributed by atoms with Gasteiger partial charge in [0.1, 0.15) is 0 Å². The average molecular weight is 411 g/mol. The van der Waals surface area contributed by atoms with Gasteiger partial charge in [0.25, 0.3) is 5.22 Å². The molecule has 142 valence electrons. The first kappa shape index (κ1) is 18.6.